The first-order valence-corrected chi connectivity index (χ1v) is 5.69. The molecule has 3 N–H and O–H groups in total. The van der Waals surface area contributed by atoms with Crippen LogP contribution in [-0.4, -0.2) is 21.6 Å². The summed E-state index contributed by atoms with van der Waals surface area (Å²) in [6.07, 6.45) is 3.06. The minimum Gasteiger partial charge on any atom is -0.387 e. The lowest BCUT2D eigenvalue weighted by molar-refractivity contribution is 0.174. The van der Waals surface area contributed by atoms with Crippen LogP contribution in [-0.2, 0) is 6.54 Å². The molecule has 0 saturated carbocycles. The van der Waals surface area contributed by atoms with Gasteiger partial charge in [-0.2, -0.15) is 11.3 Å². The summed E-state index contributed by atoms with van der Waals surface area (Å²) in [5.74, 6) is 0.882. The van der Waals surface area contributed by atoms with Gasteiger partial charge in [-0.25, -0.2) is 4.98 Å². The monoisotopic (exact) mass is 223 g/mol. The van der Waals surface area contributed by atoms with Gasteiger partial charge in [0, 0.05) is 18.9 Å². The zero-order valence-corrected chi connectivity index (χ0v) is 9.00. The molecule has 5 heteroatoms. The van der Waals surface area contributed by atoms with E-state index in [0.29, 0.717) is 13.1 Å². The summed E-state index contributed by atoms with van der Waals surface area (Å²) >= 11 is 1.59. The average molecular weight is 223 g/mol. The second-order valence-electron chi connectivity index (χ2n) is 3.24. The molecule has 0 spiro atoms. The van der Waals surface area contributed by atoms with Crippen molar-refractivity contribution in [3.05, 3.63) is 40.6 Å². The number of rotatable bonds is 5. The molecule has 0 bridgehead atoms. The van der Waals surface area contributed by atoms with Gasteiger partial charge in [0.05, 0.1) is 12.6 Å². The van der Waals surface area contributed by atoms with E-state index in [1.807, 2.05) is 16.8 Å². The number of imidazole rings is 1. The van der Waals surface area contributed by atoms with Gasteiger partial charge >= 0.3 is 0 Å². The molecule has 2 aromatic rings. The molecular weight excluding hydrogens is 210 g/mol. The maximum Gasteiger partial charge on any atom is 0.120 e. The van der Waals surface area contributed by atoms with E-state index in [-0.39, 0.29) is 0 Å². The molecule has 0 radical (unpaired) electrons. The Morgan fingerprint density at radius 1 is 1.60 bits per heavy atom. The summed E-state index contributed by atoms with van der Waals surface area (Å²) < 4.78 is 0. The Kier molecular flexibility index (Phi) is 3.49. The molecule has 0 aliphatic carbocycles. The van der Waals surface area contributed by atoms with E-state index in [2.05, 4.69) is 15.3 Å². The fraction of sp³-hybridized carbons (Fsp3) is 0.300. The normalized spacial score (nSPS) is 12.9. The van der Waals surface area contributed by atoms with Crippen molar-refractivity contribution in [1.29, 1.82) is 0 Å². The number of nitrogens with one attached hydrogen (secondary N) is 2. The van der Waals surface area contributed by atoms with Crippen molar-refractivity contribution in [1.82, 2.24) is 15.3 Å². The molecule has 0 aliphatic heterocycles. The van der Waals surface area contributed by atoms with Crippen molar-refractivity contribution in [2.24, 2.45) is 0 Å². The van der Waals surface area contributed by atoms with Crippen molar-refractivity contribution < 1.29 is 5.11 Å². The molecule has 1 unspecified atom stereocenters. The summed E-state index contributed by atoms with van der Waals surface area (Å²) in [7, 11) is 0. The lowest BCUT2D eigenvalue weighted by Crippen LogP contribution is -2.21. The molecule has 2 aromatic heterocycles. The first-order valence-electron chi connectivity index (χ1n) is 4.75. The number of hydrogen-bond acceptors (Lipinski definition) is 4. The standard InChI is InChI=1S/C10H13N3OS/c14-9(8-1-4-15-7-8)5-11-6-10-12-2-3-13-10/h1-4,7,9,11,14H,5-6H2,(H,12,13). The first kappa shape index (κ1) is 10.4. The summed E-state index contributed by atoms with van der Waals surface area (Å²) in [5.41, 5.74) is 0.965. The number of hydrogen-bond donors (Lipinski definition) is 3. The molecule has 0 aliphatic rings. The summed E-state index contributed by atoms with van der Waals surface area (Å²) in [6.45, 7) is 1.19. The van der Waals surface area contributed by atoms with E-state index in [4.69, 9.17) is 0 Å². The number of aliphatic hydroxyl groups excluding tert-OH is 1. The molecule has 0 fully saturated rings. The van der Waals surface area contributed by atoms with Gasteiger partial charge in [0.2, 0.25) is 0 Å². The molecule has 15 heavy (non-hydrogen) atoms. The minimum absolute atomic E-state index is 0.439. The van der Waals surface area contributed by atoms with Crippen LogP contribution >= 0.6 is 11.3 Å². The molecule has 0 amide bonds. The van der Waals surface area contributed by atoms with E-state index in [1.165, 1.54) is 0 Å². The smallest absolute Gasteiger partial charge is 0.120 e. The van der Waals surface area contributed by atoms with Crippen LogP contribution in [0.1, 0.15) is 17.5 Å². The van der Waals surface area contributed by atoms with Gasteiger partial charge in [-0.05, 0) is 22.4 Å². The highest BCUT2D eigenvalue weighted by atomic mass is 32.1. The molecule has 80 valence electrons. The van der Waals surface area contributed by atoms with E-state index in [0.717, 1.165) is 11.4 Å². The predicted molar refractivity (Wildman–Crippen MR) is 59.6 cm³/mol. The van der Waals surface area contributed by atoms with Crippen molar-refractivity contribution >= 4 is 11.3 Å². The zero-order chi connectivity index (χ0) is 10.5. The quantitative estimate of drug-likeness (QED) is 0.716. The van der Waals surface area contributed by atoms with Crippen molar-refractivity contribution in [3.63, 3.8) is 0 Å². The first-order chi connectivity index (χ1) is 7.36. The number of nitrogens with zero attached hydrogens (tertiary/aromatic N) is 1. The van der Waals surface area contributed by atoms with Crippen LogP contribution in [0.25, 0.3) is 0 Å². The Balaban J connectivity index is 1.74. The van der Waals surface area contributed by atoms with Crippen LogP contribution in [0, 0.1) is 0 Å². The van der Waals surface area contributed by atoms with Crippen LogP contribution in [0.4, 0.5) is 0 Å². The van der Waals surface area contributed by atoms with E-state index < -0.39 is 6.10 Å². The molecule has 1 atom stereocenters. The minimum atomic E-state index is -0.439. The lowest BCUT2D eigenvalue weighted by Gasteiger charge is -2.09. The molecule has 2 heterocycles. The Hall–Kier alpha value is -1.17. The lowest BCUT2D eigenvalue weighted by atomic mass is 10.2. The third-order valence-electron chi connectivity index (χ3n) is 2.11. The highest BCUT2D eigenvalue weighted by Crippen LogP contribution is 2.14. The van der Waals surface area contributed by atoms with E-state index in [1.54, 1.807) is 23.7 Å². The number of aromatic amines is 1. The van der Waals surface area contributed by atoms with Crippen LogP contribution in [0.5, 0.6) is 0 Å². The fourth-order valence-corrected chi connectivity index (χ4v) is 2.01. The molecule has 4 nitrogen and oxygen atoms in total. The van der Waals surface area contributed by atoms with Gasteiger partial charge in [-0.3, -0.25) is 0 Å². The zero-order valence-electron chi connectivity index (χ0n) is 8.18. The third-order valence-corrected chi connectivity index (χ3v) is 2.81. The summed E-state index contributed by atoms with van der Waals surface area (Å²) in [6, 6.07) is 1.93. The number of aromatic nitrogens is 2. The van der Waals surface area contributed by atoms with Gasteiger partial charge in [-0.15, -0.1) is 0 Å². The van der Waals surface area contributed by atoms with Crippen molar-refractivity contribution in [3.8, 4) is 0 Å². The van der Waals surface area contributed by atoms with Gasteiger partial charge in [0.25, 0.3) is 0 Å². The van der Waals surface area contributed by atoms with E-state index in [9.17, 15) is 5.11 Å². The van der Waals surface area contributed by atoms with Crippen LogP contribution < -0.4 is 5.32 Å². The second kappa shape index (κ2) is 5.06. The third kappa shape index (κ3) is 2.89. The molecular formula is C10H13N3OS. The van der Waals surface area contributed by atoms with Crippen LogP contribution in [0.15, 0.2) is 29.2 Å². The fourth-order valence-electron chi connectivity index (χ4n) is 1.30. The summed E-state index contributed by atoms with van der Waals surface area (Å²) in [4.78, 5) is 7.07. The Labute approximate surface area is 92.0 Å². The maximum atomic E-state index is 9.75. The maximum absolute atomic E-state index is 9.75. The van der Waals surface area contributed by atoms with Gasteiger partial charge in [-0.1, -0.05) is 0 Å². The SMILES string of the molecule is OC(CNCc1ncc[nH]1)c1ccsc1. The van der Waals surface area contributed by atoms with Gasteiger partial charge in [0.1, 0.15) is 5.82 Å². The Morgan fingerprint density at radius 3 is 3.20 bits per heavy atom. The van der Waals surface area contributed by atoms with Crippen LogP contribution in [0.2, 0.25) is 0 Å². The average Bonchev–Trinajstić information content (AvgIpc) is 2.90. The molecule has 2 rings (SSSR count). The predicted octanol–water partition coefficient (Wildman–Crippen LogP) is 1.29. The molecule has 0 aromatic carbocycles. The Bertz CT molecular complexity index is 371. The number of aliphatic hydroxyl groups is 1. The second-order valence-corrected chi connectivity index (χ2v) is 4.02. The van der Waals surface area contributed by atoms with Crippen molar-refractivity contribution in [2.45, 2.75) is 12.6 Å². The Morgan fingerprint density at radius 2 is 2.53 bits per heavy atom. The van der Waals surface area contributed by atoms with Gasteiger partial charge < -0.3 is 15.4 Å². The van der Waals surface area contributed by atoms with Gasteiger partial charge in [0.15, 0.2) is 0 Å². The number of H-pyrrole nitrogens is 1. The van der Waals surface area contributed by atoms with E-state index >= 15 is 0 Å². The highest BCUT2D eigenvalue weighted by molar-refractivity contribution is 7.07. The van der Waals surface area contributed by atoms with Crippen molar-refractivity contribution in [2.75, 3.05) is 6.54 Å². The summed E-state index contributed by atoms with van der Waals surface area (Å²) in [5, 5.41) is 16.8. The largest absolute Gasteiger partial charge is 0.387 e. The highest BCUT2D eigenvalue weighted by Gasteiger charge is 2.06. The molecule has 0 saturated heterocycles. The number of thiophene rings is 1. The van der Waals surface area contributed by atoms with Crippen LogP contribution in [0.3, 0.4) is 0 Å². The topological polar surface area (TPSA) is 60.9 Å².